The number of aromatic nitrogens is 2. The van der Waals surface area contributed by atoms with Gasteiger partial charge < -0.3 is 10.1 Å². The van der Waals surface area contributed by atoms with Crippen LogP contribution in [0.25, 0.3) is 0 Å². The van der Waals surface area contributed by atoms with Crippen molar-refractivity contribution in [2.24, 2.45) is 5.92 Å². The summed E-state index contributed by atoms with van der Waals surface area (Å²) in [6.45, 7) is 6.79. The molecule has 1 unspecified atom stereocenters. The third kappa shape index (κ3) is 2.77. The van der Waals surface area contributed by atoms with Crippen LogP contribution >= 0.6 is 0 Å². The van der Waals surface area contributed by atoms with Gasteiger partial charge in [-0.15, -0.1) is 0 Å². The zero-order chi connectivity index (χ0) is 13.1. The van der Waals surface area contributed by atoms with Crippen LogP contribution < -0.4 is 5.32 Å². The zero-order valence-corrected chi connectivity index (χ0v) is 11.2. The number of hydrogen-bond acceptors (Lipinski definition) is 4. The summed E-state index contributed by atoms with van der Waals surface area (Å²) < 4.78 is 19.5. The second-order valence-corrected chi connectivity index (χ2v) is 4.57. The average Bonchev–Trinajstić information content (AvgIpc) is 3.16. The molecule has 0 aromatic carbocycles. The van der Waals surface area contributed by atoms with Gasteiger partial charge in [-0.1, -0.05) is 0 Å². The van der Waals surface area contributed by atoms with E-state index in [1.807, 2.05) is 13.8 Å². The molecule has 1 fully saturated rings. The van der Waals surface area contributed by atoms with E-state index in [0.717, 1.165) is 12.8 Å². The third-order valence-electron chi connectivity index (χ3n) is 3.03. The van der Waals surface area contributed by atoms with Crippen molar-refractivity contribution in [1.82, 2.24) is 9.97 Å². The minimum Gasteiger partial charge on any atom is -0.370 e. The lowest BCUT2D eigenvalue weighted by molar-refractivity contribution is 0.0399. The number of hydrogen-bond donors (Lipinski definition) is 1. The number of nitrogens with one attached hydrogen (secondary N) is 1. The average molecular weight is 253 g/mol. The first-order valence-electron chi connectivity index (χ1n) is 6.56. The molecule has 4 nitrogen and oxygen atoms in total. The van der Waals surface area contributed by atoms with E-state index in [1.54, 1.807) is 6.92 Å². The largest absolute Gasteiger partial charge is 0.370 e. The SMILES string of the molecule is CCNc1nc(C(OCC)C2CC2)nc(C)c1F. The molecule has 5 heteroatoms. The summed E-state index contributed by atoms with van der Waals surface area (Å²) in [6, 6.07) is 0. The van der Waals surface area contributed by atoms with Gasteiger partial charge >= 0.3 is 0 Å². The van der Waals surface area contributed by atoms with Crippen molar-refractivity contribution in [2.75, 3.05) is 18.5 Å². The maximum absolute atomic E-state index is 13.8. The lowest BCUT2D eigenvalue weighted by Crippen LogP contribution is -2.15. The van der Waals surface area contributed by atoms with Crippen LogP contribution in [-0.4, -0.2) is 23.1 Å². The van der Waals surface area contributed by atoms with E-state index in [4.69, 9.17) is 4.74 Å². The van der Waals surface area contributed by atoms with Crippen LogP contribution in [0.1, 0.15) is 44.3 Å². The normalized spacial score (nSPS) is 16.7. The van der Waals surface area contributed by atoms with Crippen molar-refractivity contribution in [3.63, 3.8) is 0 Å². The number of rotatable bonds is 6. The summed E-state index contributed by atoms with van der Waals surface area (Å²) in [5, 5.41) is 2.93. The van der Waals surface area contributed by atoms with Crippen molar-refractivity contribution in [2.45, 2.75) is 39.7 Å². The van der Waals surface area contributed by atoms with Crippen LogP contribution in [0.5, 0.6) is 0 Å². The Morgan fingerprint density at radius 2 is 2.11 bits per heavy atom. The first-order valence-corrected chi connectivity index (χ1v) is 6.56. The Labute approximate surface area is 107 Å². The standard InChI is InChI=1S/C13H20FN3O/c1-4-15-12-10(14)8(3)16-13(17-12)11(18-5-2)9-6-7-9/h9,11H,4-7H2,1-3H3,(H,15,16,17). The van der Waals surface area contributed by atoms with Crippen LogP contribution in [0.4, 0.5) is 10.2 Å². The van der Waals surface area contributed by atoms with Crippen LogP contribution in [0.15, 0.2) is 0 Å². The van der Waals surface area contributed by atoms with Crippen LogP contribution in [0, 0.1) is 18.7 Å². The fourth-order valence-corrected chi connectivity index (χ4v) is 1.99. The first-order chi connectivity index (χ1) is 8.67. The molecule has 0 bridgehead atoms. The van der Waals surface area contributed by atoms with E-state index in [2.05, 4.69) is 15.3 Å². The van der Waals surface area contributed by atoms with Crippen molar-refractivity contribution in [3.8, 4) is 0 Å². The van der Waals surface area contributed by atoms with E-state index >= 15 is 0 Å². The molecule has 1 heterocycles. The molecule has 1 saturated carbocycles. The summed E-state index contributed by atoms with van der Waals surface area (Å²) in [5.41, 5.74) is 0.376. The van der Waals surface area contributed by atoms with Gasteiger partial charge in [0, 0.05) is 13.2 Å². The summed E-state index contributed by atoms with van der Waals surface area (Å²) in [4.78, 5) is 8.53. The summed E-state index contributed by atoms with van der Waals surface area (Å²) >= 11 is 0. The van der Waals surface area contributed by atoms with E-state index in [-0.39, 0.29) is 17.7 Å². The fourth-order valence-electron chi connectivity index (χ4n) is 1.99. The van der Waals surface area contributed by atoms with Gasteiger partial charge in [0.05, 0.1) is 5.69 Å². The van der Waals surface area contributed by atoms with Crippen molar-refractivity contribution in [1.29, 1.82) is 0 Å². The molecular weight excluding hydrogens is 233 g/mol. The second kappa shape index (κ2) is 5.61. The molecule has 0 amide bonds. The van der Waals surface area contributed by atoms with Gasteiger partial charge in [0.25, 0.3) is 0 Å². The summed E-state index contributed by atoms with van der Waals surface area (Å²) in [5.74, 6) is 1.01. The van der Waals surface area contributed by atoms with Gasteiger partial charge in [-0.2, -0.15) is 0 Å². The van der Waals surface area contributed by atoms with E-state index in [9.17, 15) is 4.39 Å². The predicted molar refractivity (Wildman–Crippen MR) is 68.0 cm³/mol. The Morgan fingerprint density at radius 1 is 1.39 bits per heavy atom. The van der Waals surface area contributed by atoms with Crippen molar-refractivity contribution >= 4 is 5.82 Å². The Balaban J connectivity index is 2.30. The molecular formula is C13H20FN3O. The molecule has 18 heavy (non-hydrogen) atoms. The molecule has 1 aliphatic carbocycles. The molecule has 1 aromatic rings. The predicted octanol–water partition coefficient (Wildman–Crippen LogP) is 2.84. The number of nitrogens with zero attached hydrogens (tertiary/aromatic N) is 2. The highest BCUT2D eigenvalue weighted by Crippen LogP contribution is 2.42. The van der Waals surface area contributed by atoms with E-state index in [0.29, 0.717) is 30.6 Å². The number of halogens is 1. The molecule has 0 spiro atoms. The first kappa shape index (κ1) is 13.2. The Kier molecular flexibility index (Phi) is 4.11. The number of anilines is 1. The highest BCUT2D eigenvalue weighted by molar-refractivity contribution is 5.38. The Bertz CT molecular complexity index is 421. The van der Waals surface area contributed by atoms with Gasteiger partial charge in [-0.05, 0) is 39.5 Å². The topological polar surface area (TPSA) is 47.0 Å². The Morgan fingerprint density at radius 3 is 2.67 bits per heavy atom. The number of aryl methyl sites for hydroxylation is 1. The minimum atomic E-state index is -0.369. The molecule has 1 N–H and O–H groups in total. The second-order valence-electron chi connectivity index (χ2n) is 4.57. The molecule has 100 valence electrons. The molecule has 0 radical (unpaired) electrons. The molecule has 2 rings (SSSR count). The molecule has 0 saturated heterocycles. The summed E-state index contributed by atoms with van der Waals surface area (Å²) in [6.07, 6.45) is 2.19. The van der Waals surface area contributed by atoms with Crippen molar-refractivity contribution in [3.05, 3.63) is 17.3 Å². The van der Waals surface area contributed by atoms with Gasteiger partial charge in [-0.25, -0.2) is 14.4 Å². The lowest BCUT2D eigenvalue weighted by Gasteiger charge is -2.17. The third-order valence-corrected chi connectivity index (χ3v) is 3.03. The highest BCUT2D eigenvalue weighted by atomic mass is 19.1. The van der Waals surface area contributed by atoms with Gasteiger partial charge in [-0.3, -0.25) is 0 Å². The number of ether oxygens (including phenoxy) is 1. The van der Waals surface area contributed by atoms with Crippen LogP contribution in [0.2, 0.25) is 0 Å². The molecule has 1 atom stereocenters. The monoisotopic (exact) mass is 253 g/mol. The van der Waals surface area contributed by atoms with Crippen LogP contribution in [0.3, 0.4) is 0 Å². The van der Waals surface area contributed by atoms with Crippen molar-refractivity contribution < 1.29 is 9.13 Å². The summed E-state index contributed by atoms with van der Waals surface area (Å²) in [7, 11) is 0. The molecule has 1 aliphatic rings. The maximum Gasteiger partial charge on any atom is 0.186 e. The molecule has 1 aromatic heterocycles. The van der Waals surface area contributed by atoms with Gasteiger partial charge in [0.1, 0.15) is 6.10 Å². The zero-order valence-electron chi connectivity index (χ0n) is 11.2. The maximum atomic E-state index is 13.8. The quantitative estimate of drug-likeness (QED) is 0.846. The van der Waals surface area contributed by atoms with E-state index in [1.165, 1.54) is 0 Å². The van der Waals surface area contributed by atoms with Crippen LogP contribution in [-0.2, 0) is 4.74 Å². The van der Waals surface area contributed by atoms with Gasteiger partial charge in [0.2, 0.25) is 0 Å². The fraction of sp³-hybridized carbons (Fsp3) is 0.692. The highest BCUT2D eigenvalue weighted by Gasteiger charge is 2.35. The lowest BCUT2D eigenvalue weighted by atomic mass is 10.2. The smallest absolute Gasteiger partial charge is 0.186 e. The minimum absolute atomic E-state index is 0.0910. The molecule has 0 aliphatic heterocycles. The van der Waals surface area contributed by atoms with Gasteiger partial charge in [0.15, 0.2) is 17.5 Å². The Hall–Kier alpha value is -1.23. The van der Waals surface area contributed by atoms with E-state index < -0.39 is 0 Å².